The maximum absolute atomic E-state index is 2.51. The molecule has 0 N–H and O–H groups in total. The fraction of sp³-hybridized carbons (Fsp3) is 1.00. The van der Waals surface area contributed by atoms with Gasteiger partial charge in [-0.2, -0.15) is 0 Å². The van der Waals surface area contributed by atoms with Gasteiger partial charge in [0.15, 0.2) is 0 Å². The number of piperidine rings is 1. The molecule has 2 fully saturated rings. The van der Waals surface area contributed by atoms with Crippen LogP contribution in [0.2, 0.25) is 0 Å². The van der Waals surface area contributed by atoms with E-state index in [1.54, 1.807) is 0 Å². The molecule has 1 heterocycles. The summed E-state index contributed by atoms with van der Waals surface area (Å²) in [7, 11) is 2.25. The predicted molar refractivity (Wildman–Crippen MR) is 33.8 cm³/mol. The van der Waals surface area contributed by atoms with Gasteiger partial charge in [0.25, 0.3) is 0 Å². The molecule has 1 aliphatic heterocycles. The highest BCUT2D eigenvalue weighted by Gasteiger charge is 2.34. The molecule has 2 atom stereocenters. The van der Waals surface area contributed by atoms with E-state index in [2.05, 4.69) is 11.9 Å². The summed E-state index contributed by atoms with van der Waals surface area (Å²) >= 11 is 0. The lowest BCUT2D eigenvalue weighted by Gasteiger charge is -2.20. The average Bonchev–Trinajstić information content (AvgIpc) is 2.23. The molecule has 1 heteroatoms. The molecular formula is C7H13N. The van der Waals surface area contributed by atoms with Gasteiger partial charge in [-0.25, -0.2) is 0 Å². The van der Waals surface area contributed by atoms with E-state index in [0.717, 1.165) is 12.0 Å². The lowest BCUT2D eigenvalue weighted by molar-refractivity contribution is 0.261. The molecule has 0 amide bonds. The van der Waals surface area contributed by atoms with E-state index >= 15 is 0 Å². The lowest BCUT2D eigenvalue weighted by Crippen LogP contribution is -2.27. The molecule has 1 nitrogen and oxygen atoms in total. The second-order valence-electron chi connectivity index (χ2n) is 3.27. The summed E-state index contributed by atoms with van der Waals surface area (Å²) in [6.07, 6.45) is 4.48. The van der Waals surface area contributed by atoms with E-state index in [1.165, 1.54) is 25.8 Å². The molecule has 1 saturated heterocycles. The van der Waals surface area contributed by atoms with Crippen molar-refractivity contribution in [3.63, 3.8) is 0 Å². The van der Waals surface area contributed by atoms with Crippen molar-refractivity contribution in [2.75, 3.05) is 13.6 Å². The molecule has 46 valence electrons. The van der Waals surface area contributed by atoms with Gasteiger partial charge in [0.1, 0.15) is 0 Å². The van der Waals surface area contributed by atoms with E-state index in [4.69, 9.17) is 0 Å². The minimum Gasteiger partial charge on any atom is -0.303 e. The quantitative estimate of drug-likeness (QED) is 0.452. The van der Waals surface area contributed by atoms with E-state index in [9.17, 15) is 0 Å². The Labute approximate surface area is 50.7 Å². The molecule has 8 heavy (non-hydrogen) atoms. The molecule has 1 saturated carbocycles. The van der Waals surface area contributed by atoms with E-state index in [1.807, 2.05) is 0 Å². The van der Waals surface area contributed by atoms with Crippen LogP contribution in [0.5, 0.6) is 0 Å². The van der Waals surface area contributed by atoms with Gasteiger partial charge in [0.05, 0.1) is 0 Å². The minimum atomic E-state index is 0.972. The monoisotopic (exact) mass is 111 g/mol. The molecule has 0 aromatic rings. The molecule has 0 aromatic carbocycles. The average molecular weight is 111 g/mol. The molecule has 0 radical (unpaired) electrons. The Balaban J connectivity index is 2.11. The third kappa shape index (κ3) is 0.510. The zero-order valence-electron chi connectivity index (χ0n) is 5.43. The number of hydrogen-bond donors (Lipinski definition) is 0. The van der Waals surface area contributed by atoms with Gasteiger partial charge in [0, 0.05) is 12.6 Å². The van der Waals surface area contributed by atoms with Crippen molar-refractivity contribution in [2.24, 2.45) is 5.92 Å². The highest BCUT2D eigenvalue weighted by atomic mass is 15.2. The van der Waals surface area contributed by atoms with Gasteiger partial charge >= 0.3 is 0 Å². The van der Waals surface area contributed by atoms with Gasteiger partial charge in [0.2, 0.25) is 0 Å². The van der Waals surface area contributed by atoms with Crippen LogP contribution in [0.3, 0.4) is 0 Å². The minimum absolute atomic E-state index is 0.972. The van der Waals surface area contributed by atoms with Crippen molar-refractivity contribution < 1.29 is 0 Å². The molecule has 1 aliphatic carbocycles. The molecule has 2 bridgehead atoms. The van der Waals surface area contributed by atoms with Crippen LogP contribution in [-0.2, 0) is 0 Å². The van der Waals surface area contributed by atoms with Crippen molar-refractivity contribution in [2.45, 2.75) is 25.3 Å². The summed E-state index contributed by atoms with van der Waals surface area (Å²) in [5, 5.41) is 0. The van der Waals surface area contributed by atoms with E-state index in [-0.39, 0.29) is 0 Å². The normalized spacial score (nSPS) is 46.1. The van der Waals surface area contributed by atoms with E-state index < -0.39 is 0 Å². The first-order valence-electron chi connectivity index (χ1n) is 3.56. The maximum Gasteiger partial charge on any atom is 0.00955 e. The van der Waals surface area contributed by atoms with Crippen LogP contribution in [0.1, 0.15) is 19.3 Å². The third-order valence-electron chi connectivity index (χ3n) is 2.68. The van der Waals surface area contributed by atoms with Crippen LogP contribution in [0.15, 0.2) is 0 Å². The molecular weight excluding hydrogens is 98.1 g/mol. The Bertz CT molecular complexity index is 98.6. The predicted octanol–water partition coefficient (Wildman–Crippen LogP) is 1.10. The van der Waals surface area contributed by atoms with Crippen LogP contribution < -0.4 is 0 Å². The second kappa shape index (κ2) is 1.47. The zero-order chi connectivity index (χ0) is 5.56. The Morgan fingerprint density at radius 2 is 2.25 bits per heavy atom. The molecule has 2 unspecified atom stereocenters. The summed E-state index contributed by atoms with van der Waals surface area (Å²) in [6.45, 7) is 1.38. The first-order chi connectivity index (χ1) is 3.86. The SMILES string of the molecule is CN1CC2CCC1C2. The Morgan fingerprint density at radius 1 is 1.38 bits per heavy atom. The lowest BCUT2D eigenvalue weighted by atomic mass is 10.1. The topological polar surface area (TPSA) is 3.24 Å². The maximum atomic E-state index is 2.51. The van der Waals surface area contributed by atoms with Crippen molar-refractivity contribution in [1.82, 2.24) is 4.90 Å². The standard InChI is InChI=1S/C7H13N/c1-8-5-6-2-3-7(8)4-6/h6-7H,2-5H2,1H3. The third-order valence-corrected chi connectivity index (χ3v) is 2.68. The fourth-order valence-electron chi connectivity index (χ4n) is 2.17. The molecule has 2 aliphatic rings. The van der Waals surface area contributed by atoms with Gasteiger partial charge in [-0.1, -0.05) is 0 Å². The van der Waals surface area contributed by atoms with Crippen LogP contribution >= 0.6 is 0 Å². The van der Waals surface area contributed by atoms with Gasteiger partial charge in [-0.05, 0) is 32.2 Å². The smallest absolute Gasteiger partial charge is 0.00955 e. The second-order valence-corrected chi connectivity index (χ2v) is 3.27. The largest absolute Gasteiger partial charge is 0.303 e. The van der Waals surface area contributed by atoms with Crippen molar-refractivity contribution in [3.8, 4) is 0 Å². The summed E-state index contributed by atoms with van der Waals surface area (Å²) in [6, 6.07) is 0.972. The number of fused-ring (bicyclic) bond motifs is 2. The number of likely N-dealkylation sites (tertiary alicyclic amines) is 1. The molecule has 0 spiro atoms. The number of hydrogen-bond acceptors (Lipinski definition) is 1. The van der Waals surface area contributed by atoms with Gasteiger partial charge in [-0.3, -0.25) is 0 Å². The van der Waals surface area contributed by atoms with Crippen molar-refractivity contribution in [3.05, 3.63) is 0 Å². The highest BCUT2D eigenvalue weighted by Crippen LogP contribution is 2.35. The Hall–Kier alpha value is -0.0400. The van der Waals surface area contributed by atoms with E-state index in [0.29, 0.717) is 0 Å². The highest BCUT2D eigenvalue weighted by molar-refractivity contribution is 4.89. The number of nitrogens with zero attached hydrogens (tertiary/aromatic N) is 1. The van der Waals surface area contributed by atoms with Gasteiger partial charge in [-0.15, -0.1) is 0 Å². The summed E-state index contributed by atoms with van der Waals surface area (Å²) in [5.74, 6) is 1.07. The summed E-state index contributed by atoms with van der Waals surface area (Å²) < 4.78 is 0. The molecule has 0 aromatic heterocycles. The zero-order valence-corrected chi connectivity index (χ0v) is 5.43. The van der Waals surface area contributed by atoms with Crippen LogP contribution in [-0.4, -0.2) is 24.5 Å². The number of rotatable bonds is 0. The summed E-state index contributed by atoms with van der Waals surface area (Å²) in [5.41, 5.74) is 0. The first-order valence-corrected chi connectivity index (χ1v) is 3.56. The first kappa shape index (κ1) is 4.80. The fourth-order valence-corrected chi connectivity index (χ4v) is 2.17. The van der Waals surface area contributed by atoms with Crippen LogP contribution in [0.25, 0.3) is 0 Å². The van der Waals surface area contributed by atoms with Crippen molar-refractivity contribution in [1.29, 1.82) is 0 Å². The summed E-state index contributed by atoms with van der Waals surface area (Å²) in [4.78, 5) is 2.51. The Kier molecular flexibility index (Phi) is 0.884. The van der Waals surface area contributed by atoms with Crippen LogP contribution in [0.4, 0.5) is 0 Å². The molecule has 2 rings (SSSR count). The van der Waals surface area contributed by atoms with Crippen molar-refractivity contribution >= 4 is 0 Å². The van der Waals surface area contributed by atoms with Crippen LogP contribution in [0, 0.1) is 5.92 Å². The van der Waals surface area contributed by atoms with Gasteiger partial charge < -0.3 is 4.90 Å². The Morgan fingerprint density at radius 3 is 2.50 bits per heavy atom.